The quantitative estimate of drug-likeness (QED) is 0.676. The number of rotatable bonds is 3. The van der Waals surface area contributed by atoms with Gasteiger partial charge in [0.2, 0.25) is 0 Å². The van der Waals surface area contributed by atoms with Gasteiger partial charge in [-0.05, 0) is 37.7 Å². The zero-order chi connectivity index (χ0) is 9.90. The number of carbonyl (C=O) groups excluding carboxylic acids is 1. The minimum atomic E-state index is -0.270. The van der Waals surface area contributed by atoms with Gasteiger partial charge in [-0.1, -0.05) is 13.5 Å². The Bertz CT molecular complexity index is 202. The van der Waals surface area contributed by atoms with Crippen molar-refractivity contribution in [1.29, 1.82) is 0 Å². The molecule has 0 aromatic heterocycles. The Hall–Kier alpha value is -0.630. The highest BCUT2D eigenvalue weighted by atomic mass is 16.1. The molecule has 0 spiro atoms. The molecule has 2 heteroatoms. The van der Waals surface area contributed by atoms with E-state index in [-0.39, 0.29) is 11.2 Å². The zero-order valence-electron chi connectivity index (χ0n) is 8.38. The van der Waals surface area contributed by atoms with Crippen molar-refractivity contribution in [2.75, 3.05) is 6.54 Å². The summed E-state index contributed by atoms with van der Waals surface area (Å²) in [6.07, 6.45) is 5.56. The number of nitrogens with two attached hydrogens (primary N) is 1. The molecule has 0 amide bonds. The highest BCUT2D eigenvalue weighted by Crippen LogP contribution is 2.38. The van der Waals surface area contributed by atoms with E-state index < -0.39 is 0 Å². The summed E-state index contributed by atoms with van der Waals surface area (Å²) in [4.78, 5) is 11.6. The van der Waals surface area contributed by atoms with Gasteiger partial charge in [0, 0.05) is 12.0 Å². The molecule has 0 saturated heterocycles. The van der Waals surface area contributed by atoms with Crippen LogP contribution in [0.25, 0.3) is 0 Å². The summed E-state index contributed by atoms with van der Waals surface area (Å²) in [5, 5.41) is 0. The van der Waals surface area contributed by atoms with Crippen molar-refractivity contribution >= 4 is 5.78 Å². The van der Waals surface area contributed by atoms with Gasteiger partial charge in [0.1, 0.15) is 0 Å². The van der Waals surface area contributed by atoms with Crippen LogP contribution in [0.4, 0.5) is 0 Å². The van der Waals surface area contributed by atoms with Crippen molar-refractivity contribution in [3.8, 4) is 0 Å². The fourth-order valence-corrected chi connectivity index (χ4v) is 2.08. The highest BCUT2D eigenvalue weighted by Gasteiger charge is 2.37. The van der Waals surface area contributed by atoms with Gasteiger partial charge in [0.25, 0.3) is 0 Å². The molecule has 0 atom stereocenters. The minimum Gasteiger partial charge on any atom is -0.329 e. The van der Waals surface area contributed by atoms with Crippen molar-refractivity contribution in [3.05, 3.63) is 12.7 Å². The van der Waals surface area contributed by atoms with Gasteiger partial charge in [-0.3, -0.25) is 4.79 Å². The molecule has 1 rings (SSSR count). The maximum absolute atomic E-state index is 11.6. The van der Waals surface area contributed by atoms with E-state index in [0.29, 0.717) is 6.54 Å². The van der Waals surface area contributed by atoms with Crippen LogP contribution in [0, 0.1) is 11.3 Å². The van der Waals surface area contributed by atoms with E-state index in [2.05, 4.69) is 13.5 Å². The predicted octanol–water partition coefficient (Wildman–Crippen LogP) is 1.90. The van der Waals surface area contributed by atoms with Crippen LogP contribution in [-0.4, -0.2) is 12.3 Å². The topological polar surface area (TPSA) is 43.1 Å². The number of carbonyl (C=O) groups is 1. The van der Waals surface area contributed by atoms with Crippen molar-refractivity contribution in [2.24, 2.45) is 17.1 Å². The lowest BCUT2D eigenvalue weighted by atomic mass is 9.68. The molecule has 0 unspecified atom stereocenters. The van der Waals surface area contributed by atoms with Gasteiger partial charge in [-0.2, -0.15) is 0 Å². The molecule has 2 nitrogen and oxygen atoms in total. The second kappa shape index (κ2) is 4.05. The minimum absolute atomic E-state index is 0.141. The monoisotopic (exact) mass is 181 g/mol. The summed E-state index contributed by atoms with van der Waals surface area (Å²) in [5.74, 6) is 0.888. The summed E-state index contributed by atoms with van der Waals surface area (Å²) in [6.45, 7) is 6.25. The van der Waals surface area contributed by atoms with E-state index in [9.17, 15) is 4.79 Å². The van der Waals surface area contributed by atoms with E-state index in [0.717, 1.165) is 31.6 Å². The number of ketones is 1. The Morgan fingerprint density at radius 2 is 2.15 bits per heavy atom. The van der Waals surface area contributed by atoms with Gasteiger partial charge >= 0.3 is 0 Å². The molecule has 1 fully saturated rings. The molecule has 0 aromatic rings. The fourth-order valence-electron chi connectivity index (χ4n) is 2.08. The average molecular weight is 181 g/mol. The van der Waals surface area contributed by atoms with Crippen LogP contribution in [0.2, 0.25) is 0 Å². The summed E-state index contributed by atoms with van der Waals surface area (Å²) < 4.78 is 0. The Morgan fingerprint density at radius 3 is 2.54 bits per heavy atom. The van der Waals surface area contributed by atoms with Crippen LogP contribution in [-0.2, 0) is 4.79 Å². The smallest absolute Gasteiger partial charge is 0.162 e. The average Bonchev–Trinajstić information content (AvgIpc) is 2.18. The molecule has 0 heterocycles. The SMILES string of the molecule is C=CC(=O)C1(CN)CCC(C)CC1. The number of hydrogen-bond acceptors (Lipinski definition) is 2. The molecule has 1 saturated carbocycles. The summed E-state index contributed by atoms with van der Waals surface area (Å²) in [7, 11) is 0. The van der Waals surface area contributed by atoms with Crippen molar-refractivity contribution in [2.45, 2.75) is 32.6 Å². The molecular formula is C11H19NO. The first-order chi connectivity index (χ1) is 6.14. The lowest BCUT2D eigenvalue weighted by Crippen LogP contribution is -2.40. The second-order valence-corrected chi connectivity index (χ2v) is 4.24. The molecule has 1 aliphatic rings. The lowest BCUT2D eigenvalue weighted by Gasteiger charge is -2.36. The van der Waals surface area contributed by atoms with Crippen LogP contribution in [0.15, 0.2) is 12.7 Å². The van der Waals surface area contributed by atoms with Gasteiger partial charge in [0.15, 0.2) is 5.78 Å². The molecular weight excluding hydrogens is 162 g/mol. The van der Waals surface area contributed by atoms with Gasteiger partial charge in [-0.15, -0.1) is 0 Å². The summed E-state index contributed by atoms with van der Waals surface area (Å²) >= 11 is 0. The summed E-state index contributed by atoms with van der Waals surface area (Å²) in [5.41, 5.74) is 5.42. The first kappa shape index (κ1) is 10.5. The maximum atomic E-state index is 11.6. The Kier molecular flexibility index (Phi) is 3.26. The van der Waals surface area contributed by atoms with E-state index in [4.69, 9.17) is 5.73 Å². The summed E-state index contributed by atoms with van der Waals surface area (Å²) in [6, 6.07) is 0. The first-order valence-corrected chi connectivity index (χ1v) is 5.01. The van der Waals surface area contributed by atoms with Crippen LogP contribution < -0.4 is 5.73 Å². The Labute approximate surface area is 80.2 Å². The predicted molar refractivity (Wildman–Crippen MR) is 54.3 cm³/mol. The normalized spacial score (nSPS) is 34.2. The Morgan fingerprint density at radius 1 is 1.62 bits per heavy atom. The van der Waals surface area contributed by atoms with Gasteiger partial charge < -0.3 is 5.73 Å². The van der Waals surface area contributed by atoms with Crippen LogP contribution in [0.1, 0.15) is 32.6 Å². The molecule has 74 valence electrons. The van der Waals surface area contributed by atoms with Crippen LogP contribution in [0.5, 0.6) is 0 Å². The largest absolute Gasteiger partial charge is 0.329 e. The lowest BCUT2D eigenvalue weighted by molar-refractivity contribution is -0.125. The van der Waals surface area contributed by atoms with E-state index in [1.54, 1.807) is 0 Å². The Balaban J connectivity index is 2.71. The number of allylic oxidation sites excluding steroid dienone is 1. The van der Waals surface area contributed by atoms with Crippen LogP contribution >= 0.6 is 0 Å². The van der Waals surface area contributed by atoms with Crippen LogP contribution in [0.3, 0.4) is 0 Å². The molecule has 13 heavy (non-hydrogen) atoms. The van der Waals surface area contributed by atoms with Crippen molar-refractivity contribution in [1.82, 2.24) is 0 Å². The first-order valence-electron chi connectivity index (χ1n) is 5.01. The fraction of sp³-hybridized carbons (Fsp3) is 0.727. The van der Waals surface area contributed by atoms with E-state index in [1.165, 1.54) is 6.08 Å². The zero-order valence-corrected chi connectivity index (χ0v) is 8.38. The third kappa shape index (κ3) is 1.99. The van der Waals surface area contributed by atoms with Gasteiger partial charge in [0.05, 0.1) is 0 Å². The highest BCUT2D eigenvalue weighted by molar-refractivity contribution is 5.94. The molecule has 0 aromatic carbocycles. The molecule has 0 aliphatic heterocycles. The molecule has 2 N–H and O–H groups in total. The maximum Gasteiger partial charge on any atom is 0.162 e. The van der Waals surface area contributed by atoms with E-state index in [1.807, 2.05) is 0 Å². The third-order valence-corrected chi connectivity index (χ3v) is 3.33. The third-order valence-electron chi connectivity index (χ3n) is 3.33. The van der Waals surface area contributed by atoms with Crippen molar-refractivity contribution in [3.63, 3.8) is 0 Å². The van der Waals surface area contributed by atoms with Gasteiger partial charge in [-0.25, -0.2) is 0 Å². The molecule has 0 radical (unpaired) electrons. The standard InChI is InChI=1S/C11H19NO/c1-3-10(13)11(8-12)6-4-9(2)5-7-11/h3,9H,1,4-8,12H2,2H3. The second-order valence-electron chi connectivity index (χ2n) is 4.24. The number of hydrogen-bond donors (Lipinski definition) is 1. The van der Waals surface area contributed by atoms with E-state index >= 15 is 0 Å². The molecule has 0 bridgehead atoms. The molecule has 1 aliphatic carbocycles. The van der Waals surface area contributed by atoms with Crippen molar-refractivity contribution < 1.29 is 4.79 Å².